The Labute approximate surface area is 422 Å². The number of hydrogen-bond donors (Lipinski definition) is 4. The Morgan fingerprint density at radius 1 is 0.556 bits per heavy atom. The Morgan fingerprint density at radius 2 is 0.944 bits per heavy atom. The molecular formula is C50H80F6O14S2-2. The lowest BCUT2D eigenvalue weighted by molar-refractivity contribution is -0.280. The largest absolute Gasteiger partial charge is 0.743 e. The highest BCUT2D eigenvalue weighted by Gasteiger charge is 2.75. The van der Waals surface area contributed by atoms with Crippen LogP contribution in [0.5, 0.6) is 0 Å². The van der Waals surface area contributed by atoms with Crippen molar-refractivity contribution in [2.75, 3.05) is 13.2 Å². The monoisotopic (exact) mass is 1080 g/mol. The topological polar surface area (TPSA) is 248 Å². The quantitative estimate of drug-likeness (QED) is 0.0401. The molecule has 8 fully saturated rings. The first-order valence-electron chi connectivity index (χ1n) is 26.1. The number of ether oxygens (including phenoxy) is 2. The van der Waals surface area contributed by atoms with Gasteiger partial charge in [0.1, 0.15) is 0 Å². The van der Waals surface area contributed by atoms with Gasteiger partial charge in [0.25, 0.3) is 0 Å². The molecule has 8 saturated carbocycles. The van der Waals surface area contributed by atoms with Crippen molar-refractivity contribution >= 4 is 32.2 Å². The summed E-state index contributed by atoms with van der Waals surface area (Å²) in [4.78, 5) is 27.0. The third-order valence-corrected chi connectivity index (χ3v) is 22.1. The molecule has 0 saturated heterocycles. The average Bonchev–Trinajstić information content (AvgIpc) is 3.31. The van der Waals surface area contributed by atoms with Gasteiger partial charge in [-0.05, 0) is 140 Å². The Hall–Kier alpha value is -1.82. The number of aliphatic hydroxyl groups is 4. The van der Waals surface area contributed by atoms with E-state index in [1.165, 1.54) is 0 Å². The van der Waals surface area contributed by atoms with Crippen LogP contribution in [0.2, 0.25) is 0 Å². The van der Waals surface area contributed by atoms with E-state index in [0.717, 1.165) is 6.42 Å². The van der Waals surface area contributed by atoms with Gasteiger partial charge in [-0.3, -0.25) is 9.59 Å². The van der Waals surface area contributed by atoms with E-state index in [2.05, 4.69) is 0 Å². The van der Waals surface area contributed by atoms with Gasteiger partial charge in [-0.25, -0.2) is 25.6 Å². The van der Waals surface area contributed by atoms with Gasteiger partial charge >= 0.3 is 22.4 Å². The lowest BCUT2D eigenvalue weighted by Gasteiger charge is -2.71. The maximum atomic E-state index is 13.9. The van der Waals surface area contributed by atoms with Crippen molar-refractivity contribution in [1.82, 2.24) is 0 Å². The Kier molecular flexibility index (Phi) is 17.4. The minimum absolute atomic E-state index is 0.0481. The molecular weight excluding hydrogens is 1000 g/mol. The van der Waals surface area contributed by atoms with Crippen molar-refractivity contribution in [3.05, 3.63) is 0 Å². The molecule has 0 amide bonds. The fourth-order valence-electron chi connectivity index (χ4n) is 16.8. The lowest BCUT2D eigenvalue weighted by atomic mass is 9.33. The van der Waals surface area contributed by atoms with Crippen LogP contribution in [-0.2, 0) is 39.3 Å². The van der Waals surface area contributed by atoms with Gasteiger partial charge in [-0.1, -0.05) is 55.4 Å². The summed E-state index contributed by atoms with van der Waals surface area (Å²) in [6, 6.07) is 0. The molecule has 0 aromatic rings. The first-order valence-corrected chi connectivity index (χ1v) is 29.0. The second-order valence-corrected chi connectivity index (χ2v) is 26.1. The lowest BCUT2D eigenvalue weighted by Crippen LogP contribution is -2.71. The van der Waals surface area contributed by atoms with Gasteiger partial charge in [0.2, 0.25) is 0 Å². The number of esters is 2. The van der Waals surface area contributed by atoms with Crippen molar-refractivity contribution in [2.24, 2.45) is 50.7 Å². The minimum Gasteiger partial charge on any atom is -0.743 e. The van der Waals surface area contributed by atoms with E-state index in [9.17, 15) is 82.3 Å². The van der Waals surface area contributed by atoms with Gasteiger partial charge < -0.3 is 39.0 Å². The number of rotatable bonds is 24. The highest BCUT2D eigenvalue weighted by molar-refractivity contribution is 7.87. The highest BCUT2D eigenvalue weighted by Crippen LogP contribution is 2.77. The molecule has 0 radical (unpaired) electrons. The second-order valence-electron chi connectivity index (χ2n) is 23.2. The van der Waals surface area contributed by atoms with Crippen LogP contribution in [-0.4, -0.2) is 117 Å². The molecule has 8 rings (SSSR count). The molecule has 8 aliphatic carbocycles. The van der Waals surface area contributed by atoms with Crippen molar-refractivity contribution in [2.45, 2.75) is 235 Å². The molecule has 0 aliphatic heterocycles. The first-order chi connectivity index (χ1) is 33.0. The van der Waals surface area contributed by atoms with E-state index in [0.29, 0.717) is 116 Å². The molecule has 72 heavy (non-hydrogen) atoms. The maximum absolute atomic E-state index is 13.9. The molecule has 8 bridgehead atoms. The van der Waals surface area contributed by atoms with E-state index in [1.807, 2.05) is 55.4 Å². The van der Waals surface area contributed by atoms with Gasteiger partial charge in [0.05, 0.1) is 47.0 Å². The zero-order valence-corrected chi connectivity index (χ0v) is 44.8. The Bertz CT molecular complexity index is 2150. The smallest absolute Gasteiger partial charge is 0.364 e. The Morgan fingerprint density at radius 3 is 1.35 bits per heavy atom. The summed E-state index contributed by atoms with van der Waals surface area (Å²) in [6.07, 6.45) is 1.03. The zero-order chi connectivity index (χ0) is 54.8. The van der Waals surface area contributed by atoms with Gasteiger partial charge in [0.15, 0.2) is 32.6 Å². The van der Waals surface area contributed by atoms with Crippen LogP contribution in [0.1, 0.15) is 190 Å². The first kappa shape index (κ1) is 61.0. The van der Waals surface area contributed by atoms with Gasteiger partial charge in [-0.15, -0.1) is 0 Å². The summed E-state index contributed by atoms with van der Waals surface area (Å²) in [7, 11) is -12.4. The van der Waals surface area contributed by atoms with E-state index in [-0.39, 0.29) is 17.8 Å². The molecule has 0 aromatic heterocycles. The normalized spacial score (nSPS) is 33.6. The summed E-state index contributed by atoms with van der Waals surface area (Å²) in [5.74, 6) is -2.13. The third-order valence-electron chi connectivity index (χ3n) is 20.3. The van der Waals surface area contributed by atoms with Crippen molar-refractivity contribution in [3.8, 4) is 0 Å². The molecule has 9 atom stereocenters. The number of hydrogen-bond acceptors (Lipinski definition) is 14. The van der Waals surface area contributed by atoms with Crippen LogP contribution in [0.25, 0.3) is 0 Å². The van der Waals surface area contributed by atoms with E-state index in [1.54, 1.807) is 0 Å². The summed E-state index contributed by atoms with van der Waals surface area (Å²) >= 11 is 0. The van der Waals surface area contributed by atoms with Crippen molar-refractivity contribution in [1.29, 1.82) is 0 Å². The second kappa shape index (κ2) is 20.5. The predicted octanol–water partition coefficient (Wildman–Crippen LogP) is 8.77. The van der Waals surface area contributed by atoms with Crippen LogP contribution in [0.4, 0.5) is 26.3 Å². The predicted molar refractivity (Wildman–Crippen MR) is 249 cm³/mol. The summed E-state index contributed by atoms with van der Waals surface area (Å²) < 4.78 is 156. The zero-order valence-electron chi connectivity index (χ0n) is 43.2. The fourth-order valence-corrected chi connectivity index (χ4v) is 17.7. The molecule has 14 nitrogen and oxygen atoms in total. The van der Waals surface area contributed by atoms with Gasteiger partial charge in [0, 0.05) is 34.5 Å². The fraction of sp³-hybridized carbons (Fsp3) is 0.960. The highest BCUT2D eigenvalue weighted by atomic mass is 32.2. The third kappa shape index (κ3) is 9.69. The van der Waals surface area contributed by atoms with Crippen LogP contribution in [0, 0.1) is 50.7 Å². The van der Waals surface area contributed by atoms with Gasteiger partial charge in [-0.2, -0.15) is 17.6 Å². The van der Waals surface area contributed by atoms with E-state index < -0.39 is 136 Å². The minimum atomic E-state index is -6.20. The van der Waals surface area contributed by atoms with Crippen LogP contribution in [0.3, 0.4) is 0 Å². The summed E-state index contributed by atoms with van der Waals surface area (Å²) in [5, 5.41) is 36.9. The van der Waals surface area contributed by atoms with E-state index in [4.69, 9.17) is 9.47 Å². The number of alkyl halides is 6. The van der Waals surface area contributed by atoms with E-state index >= 15 is 0 Å². The average molecular weight is 1080 g/mol. The molecule has 22 heteroatoms. The molecule has 420 valence electrons. The molecule has 0 aromatic carbocycles. The molecule has 0 heterocycles. The summed E-state index contributed by atoms with van der Waals surface area (Å²) in [6.45, 7) is 13.6. The van der Waals surface area contributed by atoms with Crippen LogP contribution in [0.15, 0.2) is 0 Å². The molecule has 4 N–H and O–H groups in total. The number of halogens is 6. The number of carbonyl (C=O) groups is 2. The number of carbonyl (C=O) groups excluding carboxylic acids is 2. The molecule has 8 aliphatic rings. The summed E-state index contributed by atoms with van der Waals surface area (Å²) in [5.41, 5.74) is -8.04. The van der Waals surface area contributed by atoms with Crippen molar-refractivity contribution < 1.29 is 91.8 Å². The molecule has 9 unspecified atom stereocenters. The Balaban J connectivity index is 0.000000267. The van der Waals surface area contributed by atoms with Crippen LogP contribution >= 0.6 is 0 Å². The molecule has 0 spiro atoms. The van der Waals surface area contributed by atoms with Crippen molar-refractivity contribution in [3.63, 3.8) is 0 Å². The SMILES string of the molecule is CCC(O)(CC)C12CC3CC(C(=O)OCCC(F)C(F)(F)S(=O)(=O)[O-])(C1)CC(C(O)(CC)CC)(C3)C2.CCC(O)(CC)C12CC3CC(C1)C(C(=O)OCCC(F)C(F)(F)S(=O)(=O)[O-])C(C(O)(CC)CC)(C3)C2. The van der Waals surface area contributed by atoms with Crippen LogP contribution < -0.4 is 0 Å². The maximum Gasteiger partial charge on any atom is 0.364 e. The standard InChI is InChI=1S/2C25H41F3O7S/c1-5-23(30,6-2)21-12-17-11-20(14-21,15-22(13-17,16-21)24(31,7-3)8-4)19(29)35-10-9-18(26)25(27,28)36(32,33)34;1-5-23(30,6-2)21-12-16-11-17(14-21)19(22(13-16,15-21)24(31,7-3)8-4)20(29)35-10-9-18(26)25(27,28)36(32,33)34/h17-18,30-31H,5-16H2,1-4H3,(H,32,33,34);16-19,30-31H,5-15H2,1-4H3,(H,32,33,34)/p-2.